The van der Waals surface area contributed by atoms with Gasteiger partial charge in [-0.1, -0.05) is 0 Å². The summed E-state index contributed by atoms with van der Waals surface area (Å²) in [6.45, 7) is 1.83. The van der Waals surface area contributed by atoms with E-state index in [0.29, 0.717) is 18.4 Å². The molecule has 1 unspecified atom stereocenters. The third kappa shape index (κ3) is 3.16. The number of halogens is 2. The summed E-state index contributed by atoms with van der Waals surface area (Å²) in [6, 6.07) is 2.21. The standard InChI is InChI=1S/C11H15F2NO/c1-7(14)3-4-8-5-10(13)11(15-2)6-9(8)12/h5-7H,3-4,14H2,1-2H3. The molecule has 1 atom stereocenters. The molecule has 0 saturated carbocycles. The number of hydrogen-bond donors (Lipinski definition) is 1. The van der Waals surface area contributed by atoms with Gasteiger partial charge >= 0.3 is 0 Å². The molecule has 0 saturated heterocycles. The van der Waals surface area contributed by atoms with Gasteiger partial charge in [0.15, 0.2) is 11.6 Å². The Balaban J connectivity index is 2.85. The Morgan fingerprint density at radius 3 is 2.53 bits per heavy atom. The van der Waals surface area contributed by atoms with Crippen molar-refractivity contribution in [2.24, 2.45) is 5.73 Å². The largest absolute Gasteiger partial charge is 0.494 e. The summed E-state index contributed by atoms with van der Waals surface area (Å²) in [5, 5.41) is 0. The highest BCUT2D eigenvalue weighted by atomic mass is 19.1. The average molecular weight is 215 g/mol. The number of ether oxygens (including phenoxy) is 1. The van der Waals surface area contributed by atoms with E-state index in [2.05, 4.69) is 4.74 Å². The van der Waals surface area contributed by atoms with Crippen LogP contribution in [-0.2, 0) is 6.42 Å². The van der Waals surface area contributed by atoms with Gasteiger partial charge in [-0.25, -0.2) is 8.78 Å². The van der Waals surface area contributed by atoms with Crippen molar-refractivity contribution in [3.63, 3.8) is 0 Å². The molecular formula is C11H15F2NO. The zero-order valence-electron chi connectivity index (χ0n) is 8.89. The third-order valence-corrected chi connectivity index (χ3v) is 2.19. The predicted octanol–water partition coefficient (Wildman–Crippen LogP) is 2.25. The van der Waals surface area contributed by atoms with Crippen LogP contribution in [0.3, 0.4) is 0 Å². The SMILES string of the molecule is COc1cc(F)c(CCC(C)N)cc1F. The smallest absolute Gasteiger partial charge is 0.165 e. The Morgan fingerprint density at radius 2 is 2.00 bits per heavy atom. The van der Waals surface area contributed by atoms with E-state index in [4.69, 9.17) is 5.73 Å². The number of hydrogen-bond acceptors (Lipinski definition) is 2. The number of rotatable bonds is 4. The number of benzene rings is 1. The Hall–Kier alpha value is -1.16. The molecule has 0 spiro atoms. The summed E-state index contributed by atoms with van der Waals surface area (Å²) >= 11 is 0. The van der Waals surface area contributed by atoms with Crippen molar-refractivity contribution in [3.05, 3.63) is 29.3 Å². The van der Waals surface area contributed by atoms with Gasteiger partial charge in [0.05, 0.1) is 7.11 Å². The second-order valence-electron chi connectivity index (χ2n) is 3.59. The maximum atomic E-state index is 13.4. The first-order valence-electron chi connectivity index (χ1n) is 4.82. The highest BCUT2D eigenvalue weighted by Gasteiger charge is 2.10. The van der Waals surface area contributed by atoms with E-state index >= 15 is 0 Å². The van der Waals surface area contributed by atoms with Crippen LogP contribution in [0.4, 0.5) is 8.78 Å². The number of nitrogens with two attached hydrogens (primary N) is 1. The van der Waals surface area contributed by atoms with Crippen LogP contribution in [0.1, 0.15) is 18.9 Å². The number of aryl methyl sites for hydroxylation is 1. The Morgan fingerprint density at radius 1 is 1.33 bits per heavy atom. The topological polar surface area (TPSA) is 35.2 Å². The molecule has 15 heavy (non-hydrogen) atoms. The van der Waals surface area contributed by atoms with E-state index in [1.165, 1.54) is 7.11 Å². The molecule has 0 aliphatic rings. The summed E-state index contributed by atoms with van der Waals surface area (Å²) in [5.41, 5.74) is 5.88. The van der Waals surface area contributed by atoms with Crippen LogP contribution >= 0.6 is 0 Å². The second kappa shape index (κ2) is 5.07. The second-order valence-corrected chi connectivity index (χ2v) is 3.59. The van der Waals surface area contributed by atoms with Crippen molar-refractivity contribution in [1.29, 1.82) is 0 Å². The van der Waals surface area contributed by atoms with Crippen molar-refractivity contribution in [2.45, 2.75) is 25.8 Å². The summed E-state index contributed by atoms with van der Waals surface area (Å²) < 4.78 is 31.3. The van der Waals surface area contributed by atoms with Gasteiger partial charge in [-0.15, -0.1) is 0 Å². The normalized spacial score (nSPS) is 12.6. The van der Waals surface area contributed by atoms with E-state index in [-0.39, 0.29) is 11.8 Å². The van der Waals surface area contributed by atoms with Crippen LogP contribution in [0.5, 0.6) is 5.75 Å². The van der Waals surface area contributed by atoms with Gasteiger partial charge in [-0.3, -0.25) is 0 Å². The van der Waals surface area contributed by atoms with E-state index in [0.717, 1.165) is 12.1 Å². The average Bonchev–Trinajstić information content (AvgIpc) is 2.18. The maximum Gasteiger partial charge on any atom is 0.165 e. The minimum absolute atomic E-state index is 0.0189. The Kier molecular flexibility index (Phi) is 4.03. The molecule has 84 valence electrons. The first kappa shape index (κ1) is 11.9. The molecule has 0 heterocycles. The quantitative estimate of drug-likeness (QED) is 0.836. The minimum Gasteiger partial charge on any atom is -0.494 e. The number of methoxy groups -OCH3 is 1. The maximum absolute atomic E-state index is 13.4. The lowest BCUT2D eigenvalue weighted by molar-refractivity contribution is 0.381. The molecule has 0 fully saturated rings. The van der Waals surface area contributed by atoms with Gasteiger partial charge in [-0.05, 0) is 31.4 Å². The lowest BCUT2D eigenvalue weighted by Crippen LogP contribution is -2.15. The van der Waals surface area contributed by atoms with E-state index in [9.17, 15) is 8.78 Å². The monoisotopic (exact) mass is 215 g/mol. The fourth-order valence-corrected chi connectivity index (χ4v) is 1.30. The van der Waals surface area contributed by atoms with Gasteiger partial charge < -0.3 is 10.5 Å². The van der Waals surface area contributed by atoms with Crippen LogP contribution in [0, 0.1) is 11.6 Å². The molecule has 1 aromatic rings. The van der Waals surface area contributed by atoms with Crippen molar-refractivity contribution in [3.8, 4) is 5.75 Å². The van der Waals surface area contributed by atoms with Crippen molar-refractivity contribution < 1.29 is 13.5 Å². The van der Waals surface area contributed by atoms with Gasteiger partial charge in [-0.2, -0.15) is 0 Å². The lowest BCUT2D eigenvalue weighted by Gasteiger charge is -2.08. The van der Waals surface area contributed by atoms with Crippen molar-refractivity contribution >= 4 is 0 Å². The molecule has 0 aliphatic carbocycles. The van der Waals surface area contributed by atoms with Gasteiger partial charge in [0.1, 0.15) is 5.82 Å². The van der Waals surface area contributed by atoms with E-state index < -0.39 is 11.6 Å². The van der Waals surface area contributed by atoms with Crippen LogP contribution in [0.2, 0.25) is 0 Å². The van der Waals surface area contributed by atoms with Crippen LogP contribution in [0.15, 0.2) is 12.1 Å². The molecule has 2 nitrogen and oxygen atoms in total. The summed E-state index contributed by atoms with van der Waals surface area (Å²) in [4.78, 5) is 0. The molecule has 0 aromatic heterocycles. The van der Waals surface area contributed by atoms with Crippen LogP contribution in [-0.4, -0.2) is 13.2 Å². The molecule has 0 bridgehead atoms. The van der Waals surface area contributed by atoms with E-state index in [1.54, 1.807) is 0 Å². The van der Waals surface area contributed by atoms with Crippen LogP contribution in [0.25, 0.3) is 0 Å². The zero-order chi connectivity index (χ0) is 11.4. The Labute approximate surface area is 88.0 Å². The Bertz CT molecular complexity index is 340. The van der Waals surface area contributed by atoms with Crippen molar-refractivity contribution in [2.75, 3.05) is 7.11 Å². The van der Waals surface area contributed by atoms with Gasteiger partial charge in [0, 0.05) is 12.1 Å². The molecule has 0 aliphatic heterocycles. The van der Waals surface area contributed by atoms with Gasteiger partial charge in [0.25, 0.3) is 0 Å². The molecule has 4 heteroatoms. The predicted molar refractivity (Wildman–Crippen MR) is 54.9 cm³/mol. The zero-order valence-corrected chi connectivity index (χ0v) is 8.89. The fraction of sp³-hybridized carbons (Fsp3) is 0.455. The molecule has 0 radical (unpaired) electrons. The first-order valence-corrected chi connectivity index (χ1v) is 4.82. The summed E-state index contributed by atoms with van der Waals surface area (Å²) in [5.74, 6) is -1.07. The molecule has 0 amide bonds. The summed E-state index contributed by atoms with van der Waals surface area (Å²) in [6.07, 6.45) is 1.06. The van der Waals surface area contributed by atoms with Crippen molar-refractivity contribution in [1.82, 2.24) is 0 Å². The lowest BCUT2D eigenvalue weighted by atomic mass is 10.1. The summed E-state index contributed by atoms with van der Waals surface area (Å²) in [7, 11) is 1.31. The first-order chi connectivity index (χ1) is 7.04. The molecule has 1 aromatic carbocycles. The highest BCUT2D eigenvalue weighted by Crippen LogP contribution is 2.22. The molecule has 1 rings (SSSR count). The third-order valence-electron chi connectivity index (χ3n) is 2.19. The minimum atomic E-state index is -0.543. The molecular weight excluding hydrogens is 200 g/mol. The molecule has 2 N–H and O–H groups in total. The highest BCUT2D eigenvalue weighted by molar-refractivity contribution is 5.30. The van der Waals surface area contributed by atoms with Gasteiger partial charge in [0.2, 0.25) is 0 Å². The van der Waals surface area contributed by atoms with E-state index in [1.807, 2.05) is 6.92 Å². The van der Waals surface area contributed by atoms with Crippen LogP contribution < -0.4 is 10.5 Å². The fourth-order valence-electron chi connectivity index (χ4n) is 1.30.